The Morgan fingerprint density at radius 2 is 2.08 bits per heavy atom. The number of hydrogen-bond acceptors (Lipinski definition) is 7. The number of aromatic nitrogens is 4. The molecule has 1 aromatic heterocycles. The van der Waals surface area contributed by atoms with Crippen LogP contribution in [0.25, 0.3) is 5.69 Å². The highest BCUT2D eigenvalue weighted by atomic mass is 32.2. The van der Waals surface area contributed by atoms with Crippen molar-refractivity contribution in [3.05, 3.63) is 18.2 Å². The number of nitrogens with one attached hydrogen (secondary N) is 1. The zero-order valence-corrected chi connectivity index (χ0v) is 14.0. The van der Waals surface area contributed by atoms with Gasteiger partial charge in [0.1, 0.15) is 23.7 Å². The van der Waals surface area contributed by atoms with Crippen LogP contribution in [-0.4, -0.2) is 58.8 Å². The first-order chi connectivity index (χ1) is 11.8. The van der Waals surface area contributed by atoms with Gasteiger partial charge in [0.2, 0.25) is 11.1 Å². The number of rotatable bonds is 7. The predicted molar refractivity (Wildman–Crippen MR) is 82.0 cm³/mol. The molecule has 0 radical (unpaired) electrons. The van der Waals surface area contributed by atoms with E-state index in [4.69, 9.17) is 9.47 Å². The predicted octanol–water partition coefficient (Wildman–Crippen LogP) is 1.45. The Labute approximate surface area is 144 Å². The second kappa shape index (κ2) is 8.05. The average molecular weight is 377 g/mol. The molecule has 1 heterocycles. The minimum atomic E-state index is -4.46. The van der Waals surface area contributed by atoms with Crippen molar-refractivity contribution in [2.24, 2.45) is 0 Å². The molecule has 0 saturated heterocycles. The Hall–Kier alpha value is -2.50. The molecule has 1 N–H and O–H groups in total. The molecule has 136 valence electrons. The smallest absolute Gasteiger partial charge is 0.405 e. The van der Waals surface area contributed by atoms with Crippen LogP contribution in [0.15, 0.2) is 23.4 Å². The first-order valence-corrected chi connectivity index (χ1v) is 7.79. The summed E-state index contributed by atoms with van der Waals surface area (Å²) in [5.74, 6) is -0.0703. The van der Waals surface area contributed by atoms with E-state index in [2.05, 4.69) is 15.5 Å². The molecule has 25 heavy (non-hydrogen) atoms. The van der Waals surface area contributed by atoms with Crippen molar-refractivity contribution in [2.45, 2.75) is 11.3 Å². The highest BCUT2D eigenvalue weighted by Gasteiger charge is 2.27. The van der Waals surface area contributed by atoms with Crippen molar-refractivity contribution in [2.75, 3.05) is 26.5 Å². The van der Waals surface area contributed by atoms with E-state index < -0.39 is 18.6 Å². The molecule has 12 heteroatoms. The highest BCUT2D eigenvalue weighted by molar-refractivity contribution is 7.99. The van der Waals surface area contributed by atoms with E-state index in [-0.39, 0.29) is 10.9 Å². The fourth-order valence-electron chi connectivity index (χ4n) is 1.76. The van der Waals surface area contributed by atoms with Crippen LogP contribution >= 0.6 is 11.8 Å². The van der Waals surface area contributed by atoms with Gasteiger partial charge < -0.3 is 14.8 Å². The molecule has 0 spiro atoms. The van der Waals surface area contributed by atoms with Crippen LogP contribution in [0.1, 0.15) is 0 Å². The maximum absolute atomic E-state index is 12.1. The molecule has 0 bridgehead atoms. The Morgan fingerprint density at radius 3 is 2.72 bits per heavy atom. The lowest BCUT2D eigenvalue weighted by molar-refractivity contribution is -0.136. The summed E-state index contributed by atoms with van der Waals surface area (Å²) < 4.78 is 47.9. The summed E-state index contributed by atoms with van der Waals surface area (Å²) in [4.78, 5) is 11.5. The van der Waals surface area contributed by atoms with Crippen LogP contribution in [0.3, 0.4) is 0 Å². The molecule has 2 rings (SSSR count). The van der Waals surface area contributed by atoms with Gasteiger partial charge >= 0.3 is 6.18 Å². The standard InChI is InChI=1S/C13H14F3N5O3S/c1-23-8-3-4-10(24-2)9(5-8)21-12(18-19-20-21)25-6-11(22)17-7-13(14,15)16/h3-5H,6-7H2,1-2H3,(H,17,22). The zero-order chi connectivity index (χ0) is 18.4. The third kappa shape index (κ3) is 5.24. The molecule has 0 atom stereocenters. The van der Waals surface area contributed by atoms with Crippen LogP contribution in [-0.2, 0) is 4.79 Å². The van der Waals surface area contributed by atoms with E-state index in [1.165, 1.54) is 18.9 Å². The molecule has 0 fully saturated rings. The van der Waals surface area contributed by atoms with Gasteiger partial charge in [-0.2, -0.15) is 17.9 Å². The molecule has 0 aliphatic heterocycles. The minimum absolute atomic E-state index is 0.216. The van der Waals surface area contributed by atoms with Crippen molar-refractivity contribution in [3.8, 4) is 17.2 Å². The topological polar surface area (TPSA) is 91.2 Å². The quantitative estimate of drug-likeness (QED) is 0.730. The number of tetrazole rings is 1. The molecule has 0 aliphatic carbocycles. The van der Waals surface area contributed by atoms with E-state index in [1.54, 1.807) is 23.5 Å². The molecule has 8 nitrogen and oxygen atoms in total. The second-order valence-electron chi connectivity index (χ2n) is 4.59. The van der Waals surface area contributed by atoms with Gasteiger partial charge in [0.25, 0.3) is 0 Å². The van der Waals surface area contributed by atoms with E-state index in [9.17, 15) is 18.0 Å². The van der Waals surface area contributed by atoms with Crippen molar-refractivity contribution in [1.29, 1.82) is 0 Å². The Balaban J connectivity index is 2.12. The second-order valence-corrected chi connectivity index (χ2v) is 5.53. The van der Waals surface area contributed by atoms with E-state index in [1.807, 2.05) is 0 Å². The van der Waals surface area contributed by atoms with Gasteiger partial charge in [0, 0.05) is 6.07 Å². The van der Waals surface area contributed by atoms with Crippen molar-refractivity contribution < 1.29 is 27.4 Å². The van der Waals surface area contributed by atoms with E-state index >= 15 is 0 Å². The number of alkyl halides is 3. The Bertz CT molecular complexity index is 738. The number of amides is 1. The van der Waals surface area contributed by atoms with Gasteiger partial charge in [-0.3, -0.25) is 4.79 Å². The fourth-order valence-corrected chi connectivity index (χ4v) is 2.48. The Morgan fingerprint density at radius 1 is 1.32 bits per heavy atom. The van der Waals surface area contributed by atoms with Crippen molar-refractivity contribution in [3.63, 3.8) is 0 Å². The van der Waals surface area contributed by atoms with Crippen LogP contribution in [0.5, 0.6) is 11.5 Å². The first-order valence-electron chi connectivity index (χ1n) is 6.81. The normalized spacial score (nSPS) is 11.2. The van der Waals surface area contributed by atoms with Gasteiger partial charge in [-0.15, -0.1) is 5.10 Å². The van der Waals surface area contributed by atoms with E-state index in [0.717, 1.165) is 11.8 Å². The first kappa shape index (κ1) is 18.8. The summed E-state index contributed by atoms with van der Waals surface area (Å²) in [5.41, 5.74) is 0.463. The number of methoxy groups -OCH3 is 2. The summed E-state index contributed by atoms with van der Waals surface area (Å²) in [6.45, 7) is -1.39. The zero-order valence-electron chi connectivity index (χ0n) is 13.2. The van der Waals surface area contributed by atoms with Crippen LogP contribution in [0.2, 0.25) is 0 Å². The maximum atomic E-state index is 12.1. The monoisotopic (exact) mass is 377 g/mol. The minimum Gasteiger partial charge on any atom is -0.497 e. The molecule has 1 amide bonds. The molecular formula is C13H14F3N5O3S. The van der Waals surface area contributed by atoms with Gasteiger partial charge in [0.15, 0.2) is 0 Å². The van der Waals surface area contributed by atoms with Crippen LogP contribution < -0.4 is 14.8 Å². The summed E-state index contributed by atoms with van der Waals surface area (Å²) >= 11 is 0.891. The molecule has 1 aromatic carbocycles. The molecule has 2 aromatic rings. The summed E-state index contributed by atoms with van der Waals surface area (Å²) in [6.07, 6.45) is -4.46. The average Bonchev–Trinajstić information content (AvgIpc) is 3.05. The van der Waals surface area contributed by atoms with Crippen molar-refractivity contribution in [1.82, 2.24) is 25.5 Å². The Kier molecular flexibility index (Phi) is 6.07. The molecular weight excluding hydrogens is 363 g/mol. The number of thioether (sulfide) groups is 1. The third-order valence-corrected chi connectivity index (χ3v) is 3.79. The summed E-state index contributed by atoms with van der Waals surface area (Å²) in [5, 5.41) is 13.1. The number of halogens is 3. The van der Waals surface area contributed by atoms with Crippen LogP contribution in [0.4, 0.5) is 13.2 Å². The number of carbonyl (C=O) groups is 1. The largest absolute Gasteiger partial charge is 0.497 e. The van der Waals surface area contributed by atoms with Gasteiger partial charge in [-0.1, -0.05) is 11.8 Å². The van der Waals surface area contributed by atoms with E-state index in [0.29, 0.717) is 17.2 Å². The fraction of sp³-hybridized carbons (Fsp3) is 0.385. The number of ether oxygens (including phenoxy) is 2. The van der Waals surface area contributed by atoms with Gasteiger partial charge in [-0.05, 0) is 22.6 Å². The van der Waals surface area contributed by atoms with Gasteiger partial charge in [0.05, 0.1) is 20.0 Å². The SMILES string of the molecule is COc1ccc(OC)c(-n2nnnc2SCC(=O)NCC(F)(F)F)c1. The summed E-state index contributed by atoms with van der Waals surface area (Å²) in [6, 6.07) is 4.97. The molecule has 0 aliphatic rings. The highest BCUT2D eigenvalue weighted by Crippen LogP contribution is 2.29. The lowest BCUT2D eigenvalue weighted by atomic mass is 10.3. The van der Waals surface area contributed by atoms with Crippen LogP contribution in [0, 0.1) is 0 Å². The number of hydrogen-bond donors (Lipinski definition) is 1. The summed E-state index contributed by atoms with van der Waals surface area (Å²) in [7, 11) is 2.96. The molecule has 0 saturated carbocycles. The maximum Gasteiger partial charge on any atom is 0.405 e. The molecule has 0 unspecified atom stereocenters. The number of nitrogens with zero attached hydrogens (tertiary/aromatic N) is 4. The van der Waals surface area contributed by atoms with Crippen molar-refractivity contribution >= 4 is 17.7 Å². The number of benzene rings is 1. The van der Waals surface area contributed by atoms with Gasteiger partial charge in [-0.25, -0.2) is 0 Å². The lowest BCUT2D eigenvalue weighted by Crippen LogP contribution is -2.34. The third-order valence-electron chi connectivity index (χ3n) is 2.87. The number of carbonyl (C=O) groups excluding carboxylic acids is 1. The lowest BCUT2D eigenvalue weighted by Gasteiger charge is -2.11.